The van der Waals surface area contributed by atoms with Crippen LogP contribution in [0.3, 0.4) is 0 Å². The molecule has 0 aliphatic rings. The first-order chi connectivity index (χ1) is 8.90. The second-order valence-corrected chi connectivity index (χ2v) is 4.95. The standard InChI is InChI=1S/C13H12Cl2FN3/c1-6-2-3-10(7(14)4-6)19-13-9(18)5-8(17)11(15)12(13)16/h2-5,19H,17-18H2,1H3. The molecule has 0 atom stereocenters. The van der Waals surface area contributed by atoms with Crippen LogP contribution in [0.25, 0.3) is 0 Å². The van der Waals surface area contributed by atoms with Crippen molar-refractivity contribution in [2.75, 3.05) is 16.8 Å². The maximum absolute atomic E-state index is 14.0. The molecule has 0 spiro atoms. The summed E-state index contributed by atoms with van der Waals surface area (Å²) in [6, 6.07) is 6.74. The first-order valence-electron chi connectivity index (χ1n) is 5.46. The van der Waals surface area contributed by atoms with E-state index in [2.05, 4.69) is 5.32 Å². The van der Waals surface area contributed by atoms with E-state index in [0.29, 0.717) is 10.7 Å². The summed E-state index contributed by atoms with van der Waals surface area (Å²) in [5, 5.41) is 3.13. The third-order valence-electron chi connectivity index (χ3n) is 2.65. The summed E-state index contributed by atoms with van der Waals surface area (Å²) in [4.78, 5) is 0. The summed E-state index contributed by atoms with van der Waals surface area (Å²) < 4.78 is 14.0. The Morgan fingerprint density at radius 3 is 2.42 bits per heavy atom. The fraction of sp³-hybridized carbons (Fsp3) is 0.0769. The minimum Gasteiger partial charge on any atom is -0.397 e. The molecule has 3 nitrogen and oxygen atoms in total. The number of hydrogen-bond donors (Lipinski definition) is 3. The number of nitrogens with two attached hydrogens (primary N) is 2. The molecule has 6 heteroatoms. The molecule has 2 rings (SSSR count). The van der Waals surface area contributed by atoms with Crippen molar-refractivity contribution in [1.29, 1.82) is 0 Å². The molecule has 0 saturated carbocycles. The Hall–Kier alpha value is -1.65. The molecule has 0 saturated heterocycles. The van der Waals surface area contributed by atoms with E-state index in [1.807, 2.05) is 13.0 Å². The molecule has 0 bridgehead atoms. The Morgan fingerprint density at radius 1 is 1.11 bits per heavy atom. The smallest absolute Gasteiger partial charge is 0.169 e. The van der Waals surface area contributed by atoms with Crippen molar-refractivity contribution in [2.24, 2.45) is 0 Å². The Morgan fingerprint density at radius 2 is 1.79 bits per heavy atom. The van der Waals surface area contributed by atoms with Gasteiger partial charge in [0.1, 0.15) is 5.02 Å². The molecule has 0 radical (unpaired) electrons. The highest BCUT2D eigenvalue weighted by Gasteiger charge is 2.15. The van der Waals surface area contributed by atoms with Crippen LogP contribution in [0.4, 0.5) is 27.1 Å². The molecule has 0 aliphatic carbocycles. The molecule has 0 unspecified atom stereocenters. The van der Waals surface area contributed by atoms with Crippen LogP contribution in [0, 0.1) is 12.7 Å². The van der Waals surface area contributed by atoms with Gasteiger partial charge in [-0.3, -0.25) is 0 Å². The molecule has 0 amide bonds. The highest BCUT2D eigenvalue weighted by molar-refractivity contribution is 6.34. The third kappa shape index (κ3) is 2.69. The van der Waals surface area contributed by atoms with Crippen molar-refractivity contribution in [3.8, 4) is 0 Å². The summed E-state index contributed by atoms with van der Waals surface area (Å²) in [7, 11) is 0. The van der Waals surface area contributed by atoms with E-state index >= 15 is 0 Å². The van der Waals surface area contributed by atoms with Crippen LogP contribution in [-0.4, -0.2) is 0 Å². The number of rotatable bonds is 2. The molecule has 0 aromatic heterocycles. The minimum absolute atomic E-state index is 0.0601. The second-order valence-electron chi connectivity index (χ2n) is 4.17. The molecular weight excluding hydrogens is 288 g/mol. The highest BCUT2D eigenvalue weighted by Crippen LogP contribution is 2.36. The molecule has 2 aromatic rings. The number of nitrogen functional groups attached to an aromatic ring is 2. The number of nitrogens with one attached hydrogen (secondary N) is 1. The molecule has 5 N–H and O–H groups in total. The number of aryl methyl sites for hydroxylation is 1. The SMILES string of the molecule is Cc1ccc(Nc2c(N)cc(N)c(Cl)c2F)c(Cl)c1. The zero-order chi connectivity index (χ0) is 14.2. The summed E-state index contributed by atoms with van der Waals surface area (Å²) in [5.74, 6) is -0.698. The molecule has 0 fully saturated rings. The largest absolute Gasteiger partial charge is 0.397 e. The zero-order valence-corrected chi connectivity index (χ0v) is 11.6. The van der Waals surface area contributed by atoms with Gasteiger partial charge in [-0.15, -0.1) is 0 Å². The average Bonchev–Trinajstić information content (AvgIpc) is 2.34. The van der Waals surface area contributed by atoms with E-state index in [1.54, 1.807) is 12.1 Å². The highest BCUT2D eigenvalue weighted by atomic mass is 35.5. The van der Waals surface area contributed by atoms with Crippen molar-refractivity contribution < 1.29 is 4.39 Å². The van der Waals surface area contributed by atoms with E-state index in [9.17, 15) is 4.39 Å². The summed E-state index contributed by atoms with van der Waals surface area (Å²) in [6.45, 7) is 1.91. The summed E-state index contributed by atoms with van der Waals surface area (Å²) >= 11 is 11.8. The van der Waals surface area contributed by atoms with Gasteiger partial charge in [0.15, 0.2) is 5.82 Å². The van der Waals surface area contributed by atoms with Crippen molar-refractivity contribution in [3.63, 3.8) is 0 Å². The van der Waals surface area contributed by atoms with Crippen LogP contribution in [0.2, 0.25) is 10.0 Å². The van der Waals surface area contributed by atoms with Gasteiger partial charge in [-0.25, -0.2) is 4.39 Å². The van der Waals surface area contributed by atoms with Crippen LogP contribution < -0.4 is 16.8 Å². The maximum Gasteiger partial charge on any atom is 0.169 e. The maximum atomic E-state index is 14.0. The number of anilines is 4. The van der Waals surface area contributed by atoms with Crippen LogP contribution in [-0.2, 0) is 0 Å². The molecule has 19 heavy (non-hydrogen) atoms. The van der Waals surface area contributed by atoms with Gasteiger partial charge in [-0.05, 0) is 30.7 Å². The first kappa shape index (κ1) is 13.8. The molecule has 2 aromatic carbocycles. The van der Waals surface area contributed by atoms with E-state index < -0.39 is 5.82 Å². The Labute approximate surface area is 120 Å². The van der Waals surface area contributed by atoms with Gasteiger partial charge in [-0.1, -0.05) is 29.3 Å². The van der Waals surface area contributed by atoms with Gasteiger partial charge in [0.05, 0.1) is 27.8 Å². The molecule has 0 aliphatic heterocycles. The number of hydrogen-bond acceptors (Lipinski definition) is 3. The molecular formula is C13H12Cl2FN3. The second kappa shape index (κ2) is 5.15. The van der Waals surface area contributed by atoms with Gasteiger partial charge in [0.25, 0.3) is 0 Å². The fourth-order valence-electron chi connectivity index (χ4n) is 1.65. The van der Waals surface area contributed by atoms with Gasteiger partial charge >= 0.3 is 0 Å². The van der Waals surface area contributed by atoms with Crippen LogP contribution in [0.1, 0.15) is 5.56 Å². The Kier molecular flexibility index (Phi) is 3.73. The lowest BCUT2D eigenvalue weighted by molar-refractivity contribution is 0.633. The monoisotopic (exact) mass is 299 g/mol. The normalized spacial score (nSPS) is 10.5. The lowest BCUT2D eigenvalue weighted by Crippen LogP contribution is -2.03. The predicted molar refractivity (Wildman–Crippen MR) is 79.7 cm³/mol. The quantitative estimate of drug-likeness (QED) is 0.722. The van der Waals surface area contributed by atoms with Crippen LogP contribution in [0.15, 0.2) is 24.3 Å². The fourth-order valence-corrected chi connectivity index (χ4v) is 2.08. The van der Waals surface area contributed by atoms with E-state index in [-0.39, 0.29) is 22.1 Å². The summed E-state index contributed by atoms with van der Waals surface area (Å²) in [5.41, 5.74) is 13.1. The van der Waals surface area contributed by atoms with Gasteiger partial charge in [-0.2, -0.15) is 0 Å². The van der Waals surface area contributed by atoms with Gasteiger partial charge in [0.2, 0.25) is 0 Å². The average molecular weight is 300 g/mol. The Bertz CT molecular complexity index is 644. The van der Waals surface area contributed by atoms with Crippen LogP contribution >= 0.6 is 23.2 Å². The predicted octanol–water partition coefficient (Wildman–Crippen LogP) is 4.35. The first-order valence-corrected chi connectivity index (χ1v) is 6.22. The van der Waals surface area contributed by atoms with Crippen molar-refractivity contribution in [2.45, 2.75) is 6.92 Å². The zero-order valence-electron chi connectivity index (χ0n) is 10.1. The molecule has 0 heterocycles. The van der Waals surface area contributed by atoms with E-state index in [4.69, 9.17) is 34.7 Å². The van der Waals surface area contributed by atoms with Crippen molar-refractivity contribution in [1.82, 2.24) is 0 Å². The topological polar surface area (TPSA) is 64.1 Å². The lowest BCUT2D eigenvalue weighted by Gasteiger charge is -2.14. The van der Waals surface area contributed by atoms with E-state index in [1.165, 1.54) is 6.07 Å². The van der Waals surface area contributed by atoms with Gasteiger partial charge in [0, 0.05) is 0 Å². The van der Waals surface area contributed by atoms with Crippen molar-refractivity contribution in [3.05, 3.63) is 45.7 Å². The number of halogens is 3. The van der Waals surface area contributed by atoms with Crippen LogP contribution in [0.5, 0.6) is 0 Å². The molecule has 100 valence electrons. The third-order valence-corrected chi connectivity index (χ3v) is 3.35. The summed E-state index contributed by atoms with van der Waals surface area (Å²) in [6.07, 6.45) is 0. The lowest BCUT2D eigenvalue weighted by atomic mass is 10.2. The number of benzene rings is 2. The van der Waals surface area contributed by atoms with E-state index in [0.717, 1.165) is 5.56 Å². The Balaban J connectivity index is 2.47. The minimum atomic E-state index is -0.698. The van der Waals surface area contributed by atoms with Gasteiger partial charge < -0.3 is 16.8 Å². The van der Waals surface area contributed by atoms with Crippen molar-refractivity contribution >= 4 is 46.0 Å².